The Morgan fingerprint density at radius 3 is 2.48 bits per heavy atom. The van der Waals surface area contributed by atoms with E-state index in [1.807, 2.05) is 42.5 Å². The Bertz CT molecular complexity index is 1180. The highest BCUT2D eigenvalue weighted by molar-refractivity contribution is 7.89. The van der Waals surface area contributed by atoms with Gasteiger partial charge in [0.25, 0.3) is 5.91 Å². The Balaban J connectivity index is 1.52. The Kier molecular flexibility index (Phi) is 6.08. The van der Waals surface area contributed by atoms with E-state index in [1.165, 1.54) is 16.4 Å². The van der Waals surface area contributed by atoms with Crippen LogP contribution in [0.1, 0.15) is 43.0 Å². The predicted molar refractivity (Wildman–Crippen MR) is 119 cm³/mol. The number of nitrogens with zero attached hydrogens (tertiary/aromatic N) is 1. The highest BCUT2D eigenvalue weighted by atomic mass is 32.2. The van der Waals surface area contributed by atoms with Crippen LogP contribution in [0.3, 0.4) is 0 Å². The summed E-state index contributed by atoms with van der Waals surface area (Å²) < 4.78 is 14.0. The average Bonchev–Trinajstić information content (AvgIpc) is 2.78. The second-order valence-corrected chi connectivity index (χ2v) is 8.52. The molecular formula is C25H19NO4S. The van der Waals surface area contributed by atoms with E-state index in [2.05, 4.69) is 11.8 Å². The largest absolute Gasteiger partial charge is 0.593 e. The van der Waals surface area contributed by atoms with Gasteiger partial charge in [-0.15, -0.1) is 0 Å². The van der Waals surface area contributed by atoms with E-state index < -0.39 is 17.3 Å². The zero-order valence-corrected chi connectivity index (χ0v) is 17.4. The van der Waals surface area contributed by atoms with Crippen LogP contribution in [0.15, 0.2) is 72.8 Å². The van der Waals surface area contributed by atoms with Crippen molar-refractivity contribution in [3.8, 4) is 11.8 Å². The molecule has 1 heterocycles. The molecule has 1 N–H and O–H groups in total. The highest BCUT2D eigenvalue weighted by Crippen LogP contribution is 2.27. The fourth-order valence-corrected chi connectivity index (χ4v) is 4.57. The molecule has 3 aromatic rings. The van der Waals surface area contributed by atoms with Gasteiger partial charge in [0.05, 0.1) is 29.0 Å². The smallest absolute Gasteiger partial charge is 0.335 e. The summed E-state index contributed by atoms with van der Waals surface area (Å²) in [5, 5.41) is 9.02. The van der Waals surface area contributed by atoms with Gasteiger partial charge < -0.3 is 9.66 Å². The minimum atomic E-state index is -1.49. The number of hydrogen-bond donors (Lipinski definition) is 1. The van der Waals surface area contributed by atoms with Crippen LogP contribution < -0.4 is 0 Å². The third kappa shape index (κ3) is 4.80. The molecule has 3 aromatic carbocycles. The van der Waals surface area contributed by atoms with Crippen LogP contribution in [0.2, 0.25) is 0 Å². The molecule has 0 spiro atoms. The number of carbonyl (C=O) groups excluding carboxylic acids is 1. The van der Waals surface area contributed by atoms with Crippen LogP contribution in [-0.2, 0) is 30.1 Å². The molecule has 0 fully saturated rings. The summed E-state index contributed by atoms with van der Waals surface area (Å²) in [6.45, 7) is 0.148. The minimum absolute atomic E-state index is 0.148. The second-order valence-electron chi connectivity index (χ2n) is 7.15. The van der Waals surface area contributed by atoms with Crippen molar-refractivity contribution in [2.24, 2.45) is 0 Å². The molecular weight excluding hydrogens is 410 g/mol. The van der Waals surface area contributed by atoms with E-state index in [1.54, 1.807) is 18.2 Å². The second kappa shape index (κ2) is 9.09. The van der Waals surface area contributed by atoms with Gasteiger partial charge in [-0.2, -0.15) is 4.31 Å². The molecule has 0 saturated heterocycles. The van der Waals surface area contributed by atoms with Crippen LogP contribution in [-0.4, -0.2) is 25.8 Å². The van der Waals surface area contributed by atoms with Crippen LogP contribution >= 0.6 is 0 Å². The van der Waals surface area contributed by atoms with Gasteiger partial charge in [-0.05, 0) is 35.4 Å². The van der Waals surface area contributed by atoms with Gasteiger partial charge in [0.15, 0.2) is 5.75 Å². The molecule has 0 radical (unpaired) electrons. The van der Waals surface area contributed by atoms with Crippen molar-refractivity contribution in [3.05, 3.63) is 106 Å². The summed E-state index contributed by atoms with van der Waals surface area (Å²) in [6.07, 6.45) is 0.619. The maximum atomic E-state index is 13.0. The molecule has 6 heteroatoms. The van der Waals surface area contributed by atoms with Gasteiger partial charge in [-0.25, -0.2) is 4.79 Å². The number of hydrogen-bond acceptors (Lipinski definition) is 3. The zero-order valence-electron chi connectivity index (χ0n) is 16.6. The molecule has 154 valence electrons. The summed E-state index contributed by atoms with van der Waals surface area (Å²) in [6, 6.07) is 21.6. The average molecular weight is 429 g/mol. The Labute approximate surface area is 183 Å². The Hall–Kier alpha value is -3.53. The lowest BCUT2D eigenvalue weighted by Gasteiger charge is -2.29. The first-order chi connectivity index (χ1) is 15.0. The highest BCUT2D eigenvalue weighted by Gasteiger charge is 2.35. The van der Waals surface area contributed by atoms with Crippen molar-refractivity contribution in [1.82, 2.24) is 4.31 Å². The zero-order chi connectivity index (χ0) is 21.8. The monoisotopic (exact) mass is 429 g/mol. The molecule has 1 aliphatic heterocycles. The lowest BCUT2D eigenvalue weighted by atomic mass is 10.0. The van der Waals surface area contributed by atoms with Gasteiger partial charge >= 0.3 is 5.97 Å². The van der Waals surface area contributed by atoms with Crippen molar-refractivity contribution in [1.29, 1.82) is 0 Å². The maximum Gasteiger partial charge on any atom is 0.335 e. The number of amides is 1. The Morgan fingerprint density at radius 1 is 1.03 bits per heavy atom. The maximum absolute atomic E-state index is 13.0. The number of carbonyl (C=O) groups is 2. The normalized spacial score (nSPS) is 15.1. The summed E-state index contributed by atoms with van der Waals surface area (Å²) in [7, 11) is 0. The van der Waals surface area contributed by atoms with Gasteiger partial charge in [-0.3, -0.25) is 4.79 Å². The fourth-order valence-electron chi connectivity index (χ4n) is 3.32. The molecule has 0 aromatic heterocycles. The van der Waals surface area contributed by atoms with E-state index in [0.717, 1.165) is 16.7 Å². The topological polar surface area (TPSA) is 80.7 Å². The molecule has 31 heavy (non-hydrogen) atoms. The summed E-state index contributed by atoms with van der Waals surface area (Å²) in [5.41, 5.74) is 4.00. The number of carboxylic acid groups (broad SMARTS) is 1. The molecule has 0 saturated carbocycles. The SMILES string of the molecule is O=C(O)c1ccc(CN2C(=O)c3cc(C#CCc4ccccc4)ccc3C[S+]2[O-])cc1. The van der Waals surface area contributed by atoms with Gasteiger partial charge in [0, 0.05) is 17.5 Å². The van der Waals surface area contributed by atoms with Crippen molar-refractivity contribution in [2.45, 2.75) is 18.7 Å². The standard InChI is InChI=1S/C25H19NO4S/c27-24-23-15-19(8-4-7-18-5-2-1-3-6-18)9-14-22(23)17-31(30)26(24)16-20-10-12-21(13-11-20)25(28)29/h1-3,5-6,9-15H,7,16-17H2,(H,28,29). The number of aromatic carboxylic acids is 1. The molecule has 1 unspecified atom stereocenters. The van der Waals surface area contributed by atoms with E-state index in [0.29, 0.717) is 17.5 Å². The molecule has 1 aliphatic rings. The van der Waals surface area contributed by atoms with E-state index in [9.17, 15) is 14.1 Å². The summed E-state index contributed by atoms with van der Waals surface area (Å²) >= 11 is -1.49. The van der Waals surface area contributed by atoms with Crippen molar-refractivity contribution in [3.63, 3.8) is 0 Å². The quantitative estimate of drug-likeness (QED) is 0.505. The number of benzene rings is 3. The molecule has 0 bridgehead atoms. The van der Waals surface area contributed by atoms with Crippen LogP contribution in [0.4, 0.5) is 0 Å². The molecule has 0 aliphatic carbocycles. The number of carboxylic acids is 1. The first-order valence-electron chi connectivity index (χ1n) is 9.69. The van der Waals surface area contributed by atoms with Crippen LogP contribution in [0.25, 0.3) is 0 Å². The third-order valence-electron chi connectivity index (χ3n) is 4.99. The van der Waals surface area contributed by atoms with Crippen molar-refractivity contribution >= 4 is 23.2 Å². The first kappa shape index (κ1) is 20.7. The lowest BCUT2D eigenvalue weighted by Crippen LogP contribution is -2.41. The Morgan fingerprint density at radius 2 is 1.77 bits per heavy atom. The van der Waals surface area contributed by atoms with Crippen LogP contribution in [0, 0.1) is 11.8 Å². The van der Waals surface area contributed by atoms with E-state index in [-0.39, 0.29) is 23.8 Å². The van der Waals surface area contributed by atoms with Crippen LogP contribution in [0.5, 0.6) is 0 Å². The lowest BCUT2D eigenvalue weighted by molar-refractivity contribution is 0.0696. The van der Waals surface area contributed by atoms with E-state index >= 15 is 0 Å². The first-order valence-corrected chi connectivity index (χ1v) is 11.0. The third-order valence-corrected chi connectivity index (χ3v) is 6.33. The molecule has 1 amide bonds. The van der Waals surface area contributed by atoms with Crippen molar-refractivity contribution in [2.75, 3.05) is 0 Å². The number of fused-ring (bicyclic) bond motifs is 1. The molecule has 1 atom stereocenters. The minimum Gasteiger partial charge on any atom is -0.593 e. The summed E-state index contributed by atoms with van der Waals surface area (Å²) in [4.78, 5) is 24.1. The van der Waals surface area contributed by atoms with Crippen molar-refractivity contribution < 1.29 is 19.2 Å². The summed E-state index contributed by atoms with van der Waals surface area (Å²) in [5.74, 6) is 5.16. The fraction of sp³-hybridized carbons (Fsp3) is 0.120. The molecule has 4 rings (SSSR count). The number of rotatable bonds is 4. The van der Waals surface area contributed by atoms with Gasteiger partial charge in [-0.1, -0.05) is 60.4 Å². The van der Waals surface area contributed by atoms with Gasteiger partial charge in [0.1, 0.15) is 0 Å². The van der Waals surface area contributed by atoms with Gasteiger partial charge in [0.2, 0.25) is 0 Å². The predicted octanol–water partition coefficient (Wildman–Crippen LogP) is 3.80. The molecule has 5 nitrogen and oxygen atoms in total. The van der Waals surface area contributed by atoms with E-state index in [4.69, 9.17) is 5.11 Å².